The van der Waals surface area contributed by atoms with E-state index >= 15 is 0 Å². The minimum atomic E-state index is -0.434. The summed E-state index contributed by atoms with van der Waals surface area (Å²) in [5, 5.41) is 2.88. The number of rotatable bonds is 4. The van der Waals surface area contributed by atoms with Gasteiger partial charge in [-0.2, -0.15) is 30.3 Å². The minimum Gasteiger partial charge on any atom is -0.214 e. The maximum absolute atomic E-state index is 3.71. The summed E-state index contributed by atoms with van der Waals surface area (Å²) < 4.78 is 1.22. The fraction of sp³-hybridized carbons (Fsp3) is 0.154. The van der Waals surface area contributed by atoms with Gasteiger partial charge < -0.3 is 0 Å². The normalized spacial score (nSPS) is 11.3. The van der Waals surface area contributed by atoms with Crippen LogP contribution in [-0.2, 0) is 17.1 Å². The van der Waals surface area contributed by atoms with E-state index in [0.717, 1.165) is 0 Å². The van der Waals surface area contributed by atoms with Crippen LogP contribution >= 0.6 is 23.9 Å². The zero-order valence-electron chi connectivity index (χ0n) is 17.0. The summed E-state index contributed by atoms with van der Waals surface area (Å²) in [5.41, 5.74) is 4.50. The second kappa shape index (κ2) is 11.7. The van der Waals surface area contributed by atoms with Crippen molar-refractivity contribution in [1.82, 2.24) is 0 Å². The van der Waals surface area contributed by atoms with Gasteiger partial charge in [-0.15, -0.1) is 5.56 Å². The molecule has 1 atom stereocenters. The van der Waals surface area contributed by atoms with Crippen molar-refractivity contribution in [2.45, 2.75) is 26.4 Å². The van der Waals surface area contributed by atoms with Crippen molar-refractivity contribution in [1.29, 1.82) is 0 Å². The molecule has 0 spiro atoms. The van der Waals surface area contributed by atoms with Gasteiger partial charge in [-0.25, -0.2) is 18.2 Å². The van der Waals surface area contributed by atoms with Gasteiger partial charge in [0.2, 0.25) is 0 Å². The fourth-order valence-corrected chi connectivity index (χ4v) is 6.66. The van der Waals surface area contributed by atoms with Crippen molar-refractivity contribution < 1.29 is 17.1 Å². The molecular weight excluding hydrogens is 479 g/mol. The van der Waals surface area contributed by atoms with E-state index in [1.54, 1.807) is 0 Å². The maximum Gasteiger partial charge on any atom is 2.00 e. The van der Waals surface area contributed by atoms with Crippen LogP contribution in [0.1, 0.15) is 29.3 Å². The van der Waals surface area contributed by atoms with Crippen LogP contribution in [0.2, 0.25) is 0 Å². The predicted octanol–water partition coefficient (Wildman–Crippen LogP) is 7.38. The SMILES string of the molecule is Cc1ccc(P(c2ccc(C)cc2)C(C)[c-]2cccc2Br)cc1.[Fe+2].c1cc[cH-]c1. The third kappa shape index (κ3) is 6.53. The molecule has 29 heavy (non-hydrogen) atoms. The van der Waals surface area contributed by atoms with Gasteiger partial charge in [-0.05, 0) is 38.0 Å². The van der Waals surface area contributed by atoms with Crippen LogP contribution in [0.15, 0.2) is 102 Å². The van der Waals surface area contributed by atoms with Crippen molar-refractivity contribution in [3.8, 4) is 0 Å². The molecule has 0 saturated carbocycles. The standard InChI is InChI=1S/C21H21BrP.C5H5.Fe/c1-15-7-11-18(12-8-15)23(19-13-9-16(2)10-14-19)17(3)20-5-4-6-21(20)22;1-2-4-5-3-1;/h4-14,17H,1-3H3;1-5H;/q2*-1;+2. The molecule has 0 N–H and O–H groups in total. The molecule has 0 aliphatic heterocycles. The Bertz CT molecular complexity index is 890. The molecule has 4 aromatic carbocycles. The largest absolute Gasteiger partial charge is 2.00 e. The van der Waals surface area contributed by atoms with Crippen LogP contribution in [-0.4, -0.2) is 0 Å². The Labute approximate surface area is 195 Å². The fourth-order valence-electron chi connectivity index (χ4n) is 3.22. The minimum absolute atomic E-state index is 0. The van der Waals surface area contributed by atoms with Crippen molar-refractivity contribution in [2.75, 3.05) is 0 Å². The molecule has 4 aromatic rings. The van der Waals surface area contributed by atoms with Crippen LogP contribution in [0.4, 0.5) is 0 Å². The van der Waals surface area contributed by atoms with Gasteiger partial charge in [-0.3, -0.25) is 0 Å². The van der Waals surface area contributed by atoms with Crippen molar-refractivity contribution in [2.24, 2.45) is 0 Å². The summed E-state index contributed by atoms with van der Waals surface area (Å²) in [6.07, 6.45) is 0. The quantitative estimate of drug-likeness (QED) is 0.154. The molecule has 0 aliphatic carbocycles. The van der Waals surface area contributed by atoms with Crippen LogP contribution < -0.4 is 10.6 Å². The number of hydrogen-bond donors (Lipinski definition) is 0. The summed E-state index contributed by atoms with van der Waals surface area (Å²) in [4.78, 5) is 0. The zero-order valence-corrected chi connectivity index (χ0v) is 20.6. The Morgan fingerprint density at radius 3 is 1.62 bits per heavy atom. The van der Waals surface area contributed by atoms with E-state index in [1.807, 2.05) is 30.3 Å². The van der Waals surface area contributed by atoms with E-state index in [1.165, 1.54) is 31.8 Å². The molecule has 4 rings (SSSR count). The molecule has 0 saturated heterocycles. The molecule has 0 heterocycles. The average Bonchev–Trinajstić information content (AvgIpc) is 3.40. The summed E-state index contributed by atoms with van der Waals surface area (Å²) in [6, 6.07) is 34.6. The summed E-state index contributed by atoms with van der Waals surface area (Å²) in [5.74, 6) is 0. The van der Waals surface area contributed by atoms with E-state index in [2.05, 4.69) is 103 Å². The van der Waals surface area contributed by atoms with Gasteiger partial charge in [0, 0.05) is 0 Å². The molecule has 150 valence electrons. The maximum atomic E-state index is 3.71. The summed E-state index contributed by atoms with van der Waals surface area (Å²) in [6.45, 7) is 6.65. The predicted molar refractivity (Wildman–Crippen MR) is 129 cm³/mol. The van der Waals surface area contributed by atoms with E-state index in [4.69, 9.17) is 0 Å². The van der Waals surface area contributed by atoms with Gasteiger partial charge in [0.05, 0.1) is 0 Å². The van der Waals surface area contributed by atoms with Crippen LogP contribution in [0.5, 0.6) is 0 Å². The first-order valence-electron chi connectivity index (χ1n) is 9.56. The Balaban J connectivity index is 0.000000437. The first kappa shape index (κ1) is 23.8. The molecule has 0 aliphatic rings. The third-order valence-corrected chi connectivity index (χ3v) is 8.30. The first-order valence-corrected chi connectivity index (χ1v) is 11.8. The zero-order chi connectivity index (χ0) is 19.9. The Kier molecular flexibility index (Phi) is 9.60. The molecule has 0 amide bonds. The molecule has 3 heteroatoms. The van der Waals surface area contributed by atoms with Crippen LogP contribution in [0, 0.1) is 13.8 Å². The average molecular weight is 505 g/mol. The van der Waals surface area contributed by atoms with Gasteiger partial charge in [-0.1, -0.05) is 87.0 Å². The second-order valence-corrected chi connectivity index (χ2v) is 10.4. The summed E-state index contributed by atoms with van der Waals surface area (Å²) in [7, 11) is -0.434. The first-order chi connectivity index (χ1) is 13.6. The number of aryl methyl sites for hydroxylation is 2. The molecule has 0 fully saturated rings. The van der Waals surface area contributed by atoms with E-state index in [9.17, 15) is 0 Å². The Morgan fingerprint density at radius 1 is 0.793 bits per heavy atom. The number of benzene rings is 2. The van der Waals surface area contributed by atoms with Crippen LogP contribution in [0.3, 0.4) is 0 Å². The van der Waals surface area contributed by atoms with Gasteiger partial charge in [0.15, 0.2) is 0 Å². The van der Waals surface area contributed by atoms with Gasteiger partial charge >= 0.3 is 17.1 Å². The Morgan fingerprint density at radius 2 is 1.28 bits per heavy atom. The monoisotopic (exact) mass is 504 g/mol. The molecule has 1 unspecified atom stereocenters. The topological polar surface area (TPSA) is 0 Å². The van der Waals surface area contributed by atoms with Crippen molar-refractivity contribution in [3.63, 3.8) is 0 Å². The van der Waals surface area contributed by atoms with E-state index in [-0.39, 0.29) is 17.1 Å². The van der Waals surface area contributed by atoms with E-state index in [0.29, 0.717) is 5.66 Å². The molecular formula is C26H26BrFeP. The van der Waals surface area contributed by atoms with E-state index < -0.39 is 7.92 Å². The Hall–Kier alpha value is -1.43. The second-order valence-electron chi connectivity index (χ2n) is 7.01. The van der Waals surface area contributed by atoms with Crippen molar-refractivity contribution >= 4 is 34.5 Å². The molecule has 0 nitrogen and oxygen atoms in total. The third-order valence-electron chi connectivity index (χ3n) is 4.81. The smallest absolute Gasteiger partial charge is 0.214 e. The molecule has 0 bridgehead atoms. The molecule has 0 aromatic heterocycles. The van der Waals surface area contributed by atoms with Crippen LogP contribution in [0.25, 0.3) is 0 Å². The van der Waals surface area contributed by atoms with Crippen molar-refractivity contribution in [3.05, 3.63) is 118 Å². The molecule has 0 radical (unpaired) electrons. The van der Waals surface area contributed by atoms with Gasteiger partial charge in [0.25, 0.3) is 0 Å². The summed E-state index contributed by atoms with van der Waals surface area (Å²) >= 11 is 3.71. The number of halogens is 1. The van der Waals surface area contributed by atoms with Gasteiger partial charge in [0.1, 0.15) is 0 Å². The number of hydrogen-bond acceptors (Lipinski definition) is 0.